The normalized spacial score (nSPS) is 12.0. The summed E-state index contributed by atoms with van der Waals surface area (Å²) in [7, 11) is 0. The number of thiazole rings is 1. The molecule has 0 saturated carbocycles. The summed E-state index contributed by atoms with van der Waals surface area (Å²) in [5.74, 6) is 1.47. The molecule has 8 heteroatoms. The molecule has 0 fully saturated rings. The van der Waals surface area contributed by atoms with Crippen molar-refractivity contribution in [1.82, 2.24) is 25.1 Å². The second-order valence-corrected chi connectivity index (χ2v) is 7.24. The first-order valence-electron chi connectivity index (χ1n) is 8.85. The number of carbonyl (C=O) groups is 1. The van der Waals surface area contributed by atoms with Crippen molar-refractivity contribution < 1.29 is 9.21 Å². The molecule has 0 radical (unpaired) electrons. The summed E-state index contributed by atoms with van der Waals surface area (Å²) in [6.07, 6.45) is 3.33. The number of nitrogens with zero attached hydrogens (tertiary/aromatic N) is 4. The van der Waals surface area contributed by atoms with E-state index >= 15 is 0 Å². The highest BCUT2D eigenvalue weighted by atomic mass is 32.1. The molecule has 1 atom stereocenters. The zero-order valence-electron chi connectivity index (χ0n) is 15.3. The van der Waals surface area contributed by atoms with Crippen molar-refractivity contribution >= 4 is 17.2 Å². The standard InChI is InChI=1S/C20H19N5O2S/c1-14-7-8-18(27-14)20-23-16(11-28-20)9-19(26)24-17(10-25-13-21-12-22-25)15-5-3-2-4-6-15/h2-8,11-13,17H,9-10H2,1H3,(H,24,26). The van der Waals surface area contributed by atoms with Gasteiger partial charge in [0.05, 0.1) is 24.7 Å². The van der Waals surface area contributed by atoms with Gasteiger partial charge in [0.2, 0.25) is 5.91 Å². The minimum Gasteiger partial charge on any atom is -0.459 e. The van der Waals surface area contributed by atoms with Crippen LogP contribution in [-0.2, 0) is 17.8 Å². The maximum Gasteiger partial charge on any atom is 0.226 e. The Bertz CT molecular complexity index is 1040. The fourth-order valence-corrected chi connectivity index (χ4v) is 3.67. The zero-order chi connectivity index (χ0) is 19.3. The number of hydrogen-bond donors (Lipinski definition) is 1. The third-order valence-electron chi connectivity index (χ3n) is 4.22. The van der Waals surface area contributed by atoms with Crippen molar-refractivity contribution in [2.24, 2.45) is 0 Å². The highest BCUT2D eigenvalue weighted by Crippen LogP contribution is 2.25. The van der Waals surface area contributed by atoms with E-state index in [2.05, 4.69) is 20.4 Å². The predicted molar refractivity (Wildman–Crippen MR) is 106 cm³/mol. The second kappa shape index (κ2) is 8.18. The van der Waals surface area contributed by atoms with Crippen molar-refractivity contribution in [3.05, 3.63) is 77.5 Å². The summed E-state index contributed by atoms with van der Waals surface area (Å²) in [6.45, 7) is 2.40. The minimum absolute atomic E-state index is 0.0959. The van der Waals surface area contributed by atoms with Crippen LogP contribution in [0.25, 0.3) is 10.8 Å². The van der Waals surface area contributed by atoms with Crippen LogP contribution in [0.4, 0.5) is 0 Å². The van der Waals surface area contributed by atoms with Gasteiger partial charge in [0.1, 0.15) is 18.4 Å². The number of furan rings is 1. The first-order chi connectivity index (χ1) is 13.7. The monoisotopic (exact) mass is 393 g/mol. The van der Waals surface area contributed by atoms with Crippen LogP contribution in [0.2, 0.25) is 0 Å². The van der Waals surface area contributed by atoms with E-state index < -0.39 is 0 Å². The number of aromatic nitrogens is 4. The molecular formula is C20H19N5O2S. The maximum atomic E-state index is 12.7. The molecule has 0 aliphatic rings. The SMILES string of the molecule is Cc1ccc(-c2nc(CC(=O)NC(Cn3cncn3)c3ccccc3)cs2)o1. The minimum atomic E-state index is -0.207. The first-order valence-corrected chi connectivity index (χ1v) is 9.73. The molecule has 4 aromatic rings. The Kier molecular flexibility index (Phi) is 5.29. The van der Waals surface area contributed by atoms with Crippen molar-refractivity contribution in [3.63, 3.8) is 0 Å². The molecule has 0 spiro atoms. The summed E-state index contributed by atoms with van der Waals surface area (Å²) in [4.78, 5) is 21.2. The van der Waals surface area contributed by atoms with Crippen molar-refractivity contribution in [2.75, 3.05) is 0 Å². The lowest BCUT2D eigenvalue weighted by Crippen LogP contribution is -2.32. The smallest absolute Gasteiger partial charge is 0.226 e. The molecular weight excluding hydrogens is 374 g/mol. The lowest BCUT2D eigenvalue weighted by atomic mass is 10.1. The number of nitrogens with one attached hydrogen (secondary N) is 1. The molecule has 28 heavy (non-hydrogen) atoms. The zero-order valence-corrected chi connectivity index (χ0v) is 16.1. The largest absolute Gasteiger partial charge is 0.459 e. The summed E-state index contributed by atoms with van der Waals surface area (Å²) in [5, 5.41) is 9.90. The average Bonchev–Trinajstić information content (AvgIpc) is 3.44. The quantitative estimate of drug-likeness (QED) is 0.520. The van der Waals surface area contributed by atoms with Crippen molar-refractivity contribution in [3.8, 4) is 10.8 Å². The topological polar surface area (TPSA) is 85.8 Å². The number of rotatable bonds is 7. The molecule has 3 aromatic heterocycles. The Balaban J connectivity index is 1.45. The second-order valence-electron chi connectivity index (χ2n) is 6.38. The Hall–Kier alpha value is -3.26. The van der Waals surface area contributed by atoms with Crippen LogP contribution in [-0.4, -0.2) is 25.7 Å². The fraction of sp³-hybridized carbons (Fsp3) is 0.200. The summed E-state index contributed by atoms with van der Waals surface area (Å²) in [5.41, 5.74) is 1.73. The lowest BCUT2D eigenvalue weighted by Gasteiger charge is -2.19. The molecule has 1 unspecified atom stereocenters. The summed E-state index contributed by atoms with van der Waals surface area (Å²) >= 11 is 1.47. The summed E-state index contributed by atoms with van der Waals surface area (Å²) in [6, 6.07) is 13.4. The van der Waals surface area contributed by atoms with Crippen molar-refractivity contribution in [1.29, 1.82) is 0 Å². The molecule has 4 rings (SSSR count). The number of carbonyl (C=O) groups excluding carboxylic acids is 1. The van der Waals surface area contributed by atoms with Gasteiger partial charge < -0.3 is 9.73 Å². The van der Waals surface area contributed by atoms with Crippen LogP contribution >= 0.6 is 11.3 Å². The highest BCUT2D eigenvalue weighted by molar-refractivity contribution is 7.13. The molecule has 0 aliphatic heterocycles. The molecule has 0 aliphatic carbocycles. The lowest BCUT2D eigenvalue weighted by molar-refractivity contribution is -0.121. The van der Waals surface area contributed by atoms with Gasteiger partial charge in [-0.15, -0.1) is 11.3 Å². The third-order valence-corrected chi connectivity index (χ3v) is 5.12. The fourth-order valence-electron chi connectivity index (χ4n) is 2.89. The van der Waals surface area contributed by atoms with Crippen LogP contribution in [0.15, 0.2) is 64.9 Å². The molecule has 0 saturated heterocycles. The number of amides is 1. The molecule has 3 heterocycles. The van der Waals surface area contributed by atoms with Crippen LogP contribution in [0.5, 0.6) is 0 Å². The number of aryl methyl sites for hydroxylation is 1. The third kappa shape index (κ3) is 4.34. The Morgan fingerprint density at radius 2 is 2.11 bits per heavy atom. The van der Waals surface area contributed by atoms with Gasteiger partial charge in [-0.2, -0.15) is 5.10 Å². The predicted octanol–water partition coefficient (Wildman–Crippen LogP) is 3.40. The Labute approximate surface area is 166 Å². The van der Waals surface area contributed by atoms with Crippen molar-refractivity contribution in [2.45, 2.75) is 25.9 Å². The Morgan fingerprint density at radius 1 is 1.25 bits per heavy atom. The highest BCUT2D eigenvalue weighted by Gasteiger charge is 2.17. The first kappa shape index (κ1) is 18.1. The molecule has 1 amide bonds. The van der Waals surface area contributed by atoms with E-state index in [0.717, 1.165) is 27.8 Å². The van der Waals surface area contributed by atoms with Gasteiger partial charge in [0, 0.05) is 5.38 Å². The van der Waals surface area contributed by atoms with Gasteiger partial charge >= 0.3 is 0 Å². The number of benzene rings is 1. The van der Waals surface area contributed by atoms with E-state index in [1.54, 1.807) is 11.0 Å². The van der Waals surface area contributed by atoms with Gasteiger partial charge in [0.15, 0.2) is 10.8 Å². The Morgan fingerprint density at radius 3 is 2.82 bits per heavy atom. The van der Waals surface area contributed by atoms with E-state index in [1.807, 2.05) is 54.8 Å². The van der Waals surface area contributed by atoms with E-state index in [4.69, 9.17) is 4.42 Å². The molecule has 7 nitrogen and oxygen atoms in total. The molecule has 1 N–H and O–H groups in total. The summed E-state index contributed by atoms with van der Waals surface area (Å²) < 4.78 is 7.31. The van der Waals surface area contributed by atoms with Crippen LogP contribution in [0.3, 0.4) is 0 Å². The molecule has 1 aromatic carbocycles. The van der Waals surface area contributed by atoms with Gasteiger partial charge in [-0.3, -0.25) is 9.48 Å². The maximum absolute atomic E-state index is 12.7. The van der Waals surface area contributed by atoms with Crippen LogP contribution in [0, 0.1) is 6.92 Å². The van der Waals surface area contributed by atoms with E-state index in [-0.39, 0.29) is 18.4 Å². The van der Waals surface area contributed by atoms with Gasteiger partial charge in [-0.05, 0) is 24.6 Å². The van der Waals surface area contributed by atoms with Crippen LogP contribution < -0.4 is 5.32 Å². The number of hydrogen-bond acceptors (Lipinski definition) is 6. The van der Waals surface area contributed by atoms with E-state index in [9.17, 15) is 4.79 Å². The van der Waals surface area contributed by atoms with Gasteiger partial charge in [0.25, 0.3) is 0 Å². The van der Waals surface area contributed by atoms with Gasteiger partial charge in [-0.1, -0.05) is 30.3 Å². The molecule has 0 bridgehead atoms. The average molecular weight is 393 g/mol. The van der Waals surface area contributed by atoms with Crippen LogP contribution in [0.1, 0.15) is 23.1 Å². The van der Waals surface area contributed by atoms with E-state index in [1.165, 1.54) is 17.7 Å². The van der Waals surface area contributed by atoms with E-state index in [0.29, 0.717) is 6.54 Å². The molecule has 142 valence electrons. The van der Waals surface area contributed by atoms with Gasteiger partial charge in [-0.25, -0.2) is 9.97 Å².